The average Bonchev–Trinajstić information content (AvgIpc) is 3.33. The third-order valence-corrected chi connectivity index (χ3v) is 5.59. The maximum Gasteiger partial charge on any atom is 0.313 e. The molecule has 2 aromatic heterocycles. The van der Waals surface area contributed by atoms with Gasteiger partial charge >= 0.3 is 5.97 Å². The number of thioether (sulfide) groups is 1. The predicted molar refractivity (Wildman–Crippen MR) is 113 cm³/mol. The summed E-state index contributed by atoms with van der Waals surface area (Å²) in [6.45, 7) is 0. The van der Waals surface area contributed by atoms with E-state index in [-0.39, 0.29) is 21.8 Å². The van der Waals surface area contributed by atoms with Crippen LogP contribution in [-0.2, 0) is 11.8 Å². The molecule has 0 spiro atoms. The lowest BCUT2D eigenvalue weighted by atomic mass is 10.0. The fourth-order valence-corrected chi connectivity index (χ4v) is 4.03. The molecule has 2 heterocycles. The van der Waals surface area contributed by atoms with Crippen LogP contribution in [0.2, 0.25) is 5.02 Å². The van der Waals surface area contributed by atoms with Crippen LogP contribution in [-0.4, -0.2) is 47.0 Å². The van der Waals surface area contributed by atoms with Crippen LogP contribution in [0.1, 0.15) is 0 Å². The number of nitrogens with one attached hydrogen (secondary N) is 1. The highest BCUT2D eigenvalue weighted by atomic mass is 35.5. The third-order valence-electron chi connectivity index (χ3n) is 4.47. The average molecular weight is 446 g/mol. The Morgan fingerprint density at radius 3 is 2.67 bits per heavy atom. The van der Waals surface area contributed by atoms with Crippen molar-refractivity contribution >= 4 is 45.9 Å². The number of fused-ring (bicyclic) bond motifs is 1. The molecular weight excluding hydrogens is 430 g/mol. The van der Waals surface area contributed by atoms with E-state index in [1.54, 1.807) is 18.2 Å². The Bertz CT molecular complexity index is 1250. The molecule has 0 atom stereocenters. The standard InChI is InChI=1S/C19H16ClN5O4S/c1-24-3-2-10-4-12(8-15(20)17(10)24)11-5-13(7-14(6-11)25(28)29)18-21-19(23-22-18)30-9-16(26)27/h2-8,28-29H,9H2,1H3,(H,26,27)(H,21,22,23). The van der Waals surface area contributed by atoms with Crippen LogP contribution in [0.3, 0.4) is 0 Å². The van der Waals surface area contributed by atoms with Crippen LogP contribution >= 0.6 is 23.4 Å². The number of aryl methyl sites for hydroxylation is 1. The second kappa shape index (κ2) is 8.00. The number of aromatic amines is 1. The van der Waals surface area contributed by atoms with Crippen LogP contribution in [0.15, 0.2) is 47.8 Å². The number of benzene rings is 2. The van der Waals surface area contributed by atoms with Gasteiger partial charge in [-0.25, -0.2) is 4.98 Å². The molecule has 154 valence electrons. The third kappa shape index (κ3) is 3.98. The Morgan fingerprint density at radius 1 is 1.20 bits per heavy atom. The number of hydrogen-bond acceptors (Lipinski definition) is 7. The highest BCUT2D eigenvalue weighted by molar-refractivity contribution is 7.99. The Hall–Kier alpha value is -3.05. The summed E-state index contributed by atoms with van der Waals surface area (Å²) in [7, 11) is 1.91. The highest BCUT2D eigenvalue weighted by Crippen LogP contribution is 2.35. The number of carbonyl (C=O) groups is 1. The molecule has 0 radical (unpaired) electrons. The Balaban J connectivity index is 1.78. The van der Waals surface area contributed by atoms with E-state index in [2.05, 4.69) is 15.2 Å². The van der Waals surface area contributed by atoms with Gasteiger partial charge in [0, 0.05) is 24.2 Å². The van der Waals surface area contributed by atoms with Crippen LogP contribution in [0.4, 0.5) is 5.69 Å². The zero-order valence-electron chi connectivity index (χ0n) is 15.6. The fraction of sp³-hybridized carbons (Fsp3) is 0.105. The van der Waals surface area contributed by atoms with Gasteiger partial charge in [0.2, 0.25) is 5.16 Å². The molecule has 0 unspecified atom stereocenters. The number of anilines is 1. The molecule has 0 amide bonds. The summed E-state index contributed by atoms with van der Waals surface area (Å²) in [5, 5.41) is 36.5. The summed E-state index contributed by atoms with van der Waals surface area (Å²) in [5.41, 5.74) is 3.01. The molecule has 0 aliphatic rings. The number of rotatable bonds is 6. The molecule has 4 rings (SSSR count). The minimum atomic E-state index is -0.972. The minimum Gasteiger partial charge on any atom is -0.481 e. The maximum atomic E-state index is 10.7. The number of hydrogen-bond donors (Lipinski definition) is 4. The monoisotopic (exact) mass is 445 g/mol. The van der Waals surface area contributed by atoms with Gasteiger partial charge in [0.15, 0.2) is 5.82 Å². The van der Waals surface area contributed by atoms with Gasteiger partial charge in [-0.1, -0.05) is 23.4 Å². The van der Waals surface area contributed by atoms with Crippen LogP contribution in [0.25, 0.3) is 33.4 Å². The summed E-state index contributed by atoms with van der Waals surface area (Å²) < 4.78 is 1.93. The predicted octanol–water partition coefficient (Wildman–Crippen LogP) is 4.05. The molecule has 9 nitrogen and oxygen atoms in total. The molecule has 30 heavy (non-hydrogen) atoms. The molecule has 11 heteroatoms. The van der Waals surface area contributed by atoms with Gasteiger partial charge in [0.1, 0.15) is 0 Å². The SMILES string of the molecule is Cn1ccc2cc(-c3cc(-c4nc(SCC(=O)O)n[nH]4)cc(N(O)O)c3)cc(Cl)c21. The smallest absolute Gasteiger partial charge is 0.313 e. The highest BCUT2D eigenvalue weighted by Gasteiger charge is 2.14. The van der Waals surface area contributed by atoms with E-state index < -0.39 is 5.97 Å². The summed E-state index contributed by atoms with van der Waals surface area (Å²) >= 11 is 7.45. The Kier molecular flexibility index (Phi) is 5.39. The molecule has 2 aromatic carbocycles. The van der Waals surface area contributed by atoms with Gasteiger partial charge in [0.05, 0.1) is 22.0 Å². The van der Waals surface area contributed by atoms with E-state index in [0.717, 1.165) is 28.2 Å². The molecule has 0 bridgehead atoms. The van der Waals surface area contributed by atoms with Gasteiger partial charge in [-0.15, -0.1) is 10.3 Å². The van der Waals surface area contributed by atoms with Crippen molar-refractivity contribution in [3.05, 3.63) is 47.6 Å². The van der Waals surface area contributed by atoms with Crippen LogP contribution < -0.4 is 5.23 Å². The van der Waals surface area contributed by atoms with Gasteiger partial charge in [-0.2, -0.15) is 0 Å². The first kappa shape index (κ1) is 20.2. The van der Waals surface area contributed by atoms with E-state index in [1.165, 1.54) is 6.07 Å². The molecule has 4 N–H and O–H groups in total. The molecule has 0 aliphatic carbocycles. The van der Waals surface area contributed by atoms with E-state index >= 15 is 0 Å². The van der Waals surface area contributed by atoms with Crippen molar-refractivity contribution in [3.63, 3.8) is 0 Å². The van der Waals surface area contributed by atoms with E-state index in [0.29, 0.717) is 22.0 Å². The topological polar surface area (TPSA) is 128 Å². The first-order valence-corrected chi connectivity index (χ1v) is 10.0. The van der Waals surface area contributed by atoms with E-state index in [1.807, 2.05) is 29.9 Å². The molecular formula is C19H16ClN5O4S. The Labute approximate surface area is 179 Å². The first-order chi connectivity index (χ1) is 14.3. The number of nitrogens with zero attached hydrogens (tertiary/aromatic N) is 4. The van der Waals surface area contributed by atoms with Crippen LogP contribution in [0.5, 0.6) is 0 Å². The van der Waals surface area contributed by atoms with Crippen molar-refractivity contribution < 1.29 is 20.3 Å². The van der Waals surface area contributed by atoms with E-state index in [9.17, 15) is 15.2 Å². The maximum absolute atomic E-state index is 10.7. The summed E-state index contributed by atoms with van der Waals surface area (Å²) in [4.78, 5) is 15.0. The van der Waals surface area contributed by atoms with Gasteiger partial charge in [-0.3, -0.25) is 20.3 Å². The van der Waals surface area contributed by atoms with Gasteiger partial charge in [-0.05, 0) is 47.5 Å². The number of aromatic nitrogens is 4. The number of H-pyrrole nitrogens is 1. The van der Waals surface area contributed by atoms with Crippen molar-refractivity contribution in [2.45, 2.75) is 5.16 Å². The second-order valence-electron chi connectivity index (χ2n) is 6.53. The number of carboxylic acid groups (broad SMARTS) is 1. The Morgan fingerprint density at radius 2 is 1.93 bits per heavy atom. The summed E-state index contributed by atoms with van der Waals surface area (Å²) in [6.07, 6.45) is 1.91. The normalized spacial score (nSPS) is 11.2. The lowest BCUT2D eigenvalue weighted by molar-refractivity contribution is -0.133. The number of halogens is 1. The minimum absolute atomic E-state index is 0.0200. The van der Waals surface area contributed by atoms with Crippen molar-refractivity contribution in [1.29, 1.82) is 0 Å². The zero-order valence-corrected chi connectivity index (χ0v) is 17.1. The molecule has 4 aromatic rings. The number of carboxylic acids is 1. The first-order valence-electron chi connectivity index (χ1n) is 8.67. The van der Waals surface area contributed by atoms with Crippen LogP contribution in [0, 0.1) is 0 Å². The summed E-state index contributed by atoms with van der Waals surface area (Å²) in [5.74, 6) is -0.779. The van der Waals surface area contributed by atoms with Crippen molar-refractivity contribution in [2.75, 3.05) is 11.0 Å². The van der Waals surface area contributed by atoms with Gasteiger partial charge < -0.3 is 9.67 Å². The molecule has 0 aliphatic heterocycles. The quantitative estimate of drug-likeness (QED) is 0.258. The lowest BCUT2D eigenvalue weighted by Gasteiger charge is -2.13. The number of aliphatic carboxylic acids is 1. The van der Waals surface area contributed by atoms with E-state index in [4.69, 9.17) is 16.7 Å². The molecule has 0 fully saturated rings. The molecule has 0 saturated heterocycles. The largest absolute Gasteiger partial charge is 0.481 e. The molecule has 0 saturated carbocycles. The van der Waals surface area contributed by atoms with Crippen molar-refractivity contribution in [1.82, 2.24) is 19.7 Å². The van der Waals surface area contributed by atoms with Crippen molar-refractivity contribution in [2.24, 2.45) is 7.05 Å². The second-order valence-corrected chi connectivity index (χ2v) is 7.88. The summed E-state index contributed by atoms with van der Waals surface area (Å²) in [6, 6.07) is 10.6. The lowest BCUT2D eigenvalue weighted by Crippen LogP contribution is -2.11. The fourth-order valence-electron chi connectivity index (χ4n) is 3.15. The van der Waals surface area contributed by atoms with Gasteiger partial charge in [0.25, 0.3) is 0 Å². The van der Waals surface area contributed by atoms with Crippen molar-refractivity contribution in [3.8, 4) is 22.5 Å². The zero-order chi connectivity index (χ0) is 21.4.